The van der Waals surface area contributed by atoms with Crippen LogP contribution in [0.1, 0.15) is 23.2 Å². The highest BCUT2D eigenvalue weighted by atomic mass is 16.2. The first kappa shape index (κ1) is 23.6. The van der Waals surface area contributed by atoms with E-state index in [9.17, 15) is 9.59 Å². The molecule has 162 valence electrons. The standard InChI is InChI=1S/C24H34N4O2/c1-25(2)17-21(29)27(5)23(19-13-9-7-10-14-19)24(20-15-11-8-12-16-20)28(6)22(30)18-26(3)4/h7-16,23-24H,17-18H2,1-6H3/t23-,24-/m0/s1. The molecule has 0 saturated heterocycles. The predicted octanol–water partition coefficient (Wildman–Crippen LogP) is 2.51. The number of amides is 2. The van der Waals surface area contributed by atoms with Crippen LogP contribution in [0.15, 0.2) is 60.7 Å². The van der Waals surface area contributed by atoms with Gasteiger partial charge in [0.25, 0.3) is 0 Å². The molecule has 0 aliphatic carbocycles. The van der Waals surface area contributed by atoms with Crippen LogP contribution >= 0.6 is 0 Å². The lowest BCUT2D eigenvalue weighted by atomic mass is 9.90. The van der Waals surface area contributed by atoms with Gasteiger partial charge in [-0.3, -0.25) is 9.59 Å². The molecule has 0 spiro atoms. The summed E-state index contributed by atoms with van der Waals surface area (Å²) in [6, 6.07) is 19.2. The Hall–Kier alpha value is -2.70. The first-order valence-electron chi connectivity index (χ1n) is 10.1. The van der Waals surface area contributed by atoms with Crippen LogP contribution in [0, 0.1) is 0 Å². The number of benzene rings is 2. The number of carbonyl (C=O) groups excluding carboxylic acids is 2. The molecule has 0 aromatic heterocycles. The van der Waals surface area contributed by atoms with Gasteiger partial charge in [0.05, 0.1) is 25.2 Å². The van der Waals surface area contributed by atoms with Crippen molar-refractivity contribution in [3.63, 3.8) is 0 Å². The van der Waals surface area contributed by atoms with Gasteiger partial charge in [0, 0.05) is 14.1 Å². The summed E-state index contributed by atoms with van der Waals surface area (Å²) in [4.78, 5) is 33.4. The van der Waals surface area contributed by atoms with Crippen LogP contribution in [0.25, 0.3) is 0 Å². The van der Waals surface area contributed by atoms with E-state index in [2.05, 4.69) is 0 Å². The summed E-state index contributed by atoms with van der Waals surface area (Å²) >= 11 is 0. The topological polar surface area (TPSA) is 47.1 Å². The summed E-state index contributed by atoms with van der Waals surface area (Å²) in [5, 5.41) is 0. The van der Waals surface area contributed by atoms with Gasteiger partial charge in [0.15, 0.2) is 0 Å². The lowest BCUT2D eigenvalue weighted by Crippen LogP contribution is -2.46. The van der Waals surface area contributed by atoms with E-state index in [0.29, 0.717) is 13.1 Å². The Balaban J connectivity index is 2.57. The van der Waals surface area contributed by atoms with Crippen molar-refractivity contribution in [1.29, 1.82) is 0 Å². The first-order chi connectivity index (χ1) is 14.2. The molecule has 0 N–H and O–H groups in total. The monoisotopic (exact) mass is 410 g/mol. The quantitative estimate of drug-likeness (QED) is 0.637. The van der Waals surface area contributed by atoms with Crippen molar-refractivity contribution in [2.24, 2.45) is 0 Å². The minimum absolute atomic E-state index is 0.00300. The summed E-state index contributed by atoms with van der Waals surface area (Å²) < 4.78 is 0. The largest absolute Gasteiger partial charge is 0.335 e. The van der Waals surface area contributed by atoms with E-state index in [1.165, 1.54) is 0 Å². The Labute approximate surface area is 180 Å². The van der Waals surface area contributed by atoms with Crippen molar-refractivity contribution in [3.8, 4) is 0 Å². The van der Waals surface area contributed by atoms with Gasteiger partial charge in [-0.2, -0.15) is 0 Å². The molecular weight excluding hydrogens is 376 g/mol. The van der Waals surface area contributed by atoms with Gasteiger partial charge in [0.1, 0.15) is 0 Å². The molecule has 30 heavy (non-hydrogen) atoms. The number of rotatable bonds is 9. The molecule has 0 heterocycles. The Morgan fingerprint density at radius 1 is 0.600 bits per heavy atom. The first-order valence-corrected chi connectivity index (χ1v) is 10.1. The van der Waals surface area contributed by atoms with E-state index >= 15 is 0 Å². The maximum Gasteiger partial charge on any atom is 0.237 e. The van der Waals surface area contributed by atoms with Crippen LogP contribution in [-0.2, 0) is 9.59 Å². The number of hydrogen-bond donors (Lipinski definition) is 0. The van der Waals surface area contributed by atoms with Gasteiger partial charge in [-0.15, -0.1) is 0 Å². The summed E-state index contributed by atoms with van der Waals surface area (Å²) in [6.07, 6.45) is 0. The molecule has 0 fully saturated rings. The zero-order chi connectivity index (χ0) is 22.3. The number of hydrogen-bond acceptors (Lipinski definition) is 4. The molecule has 0 bridgehead atoms. The SMILES string of the molecule is CN(C)CC(=O)N(C)[C@@H](c1ccccc1)[C@H](c1ccccc1)N(C)C(=O)CN(C)C. The number of carbonyl (C=O) groups is 2. The molecule has 2 amide bonds. The second kappa shape index (κ2) is 10.9. The highest BCUT2D eigenvalue weighted by Gasteiger charge is 2.35. The van der Waals surface area contributed by atoms with Gasteiger partial charge >= 0.3 is 0 Å². The van der Waals surface area contributed by atoms with E-state index in [4.69, 9.17) is 0 Å². The molecule has 2 rings (SSSR count). The average Bonchev–Trinajstić information content (AvgIpc) is 2.71. The fourth-order valence-corrected chi connectivity index (χ4v) is 3.61. The van der Waals surface area contributed by atoms with Gasteiger partial charge in [-0.1, -0.05) is 60.7 Å². The predicted molar refractivity (Wildman–Crippen MR) is 121 cm³/mol. The third kappa shape index (κ3) is 6.15. The van der Waals surface area contributed by atoms with Gasteiger partial charge in [0.2, 0.25) is 11.8 Å². The minimum atomic E-state index is -0.322. The van der Waals surface area contributed by atoms with E-state index < -0.39 is 0 Å². The van der Waals surface area contributed by atoms with Crippen molar-refractivity contribution in [2.45, 2.75) is 12.1 Å². The van der Waals surface area contributed by atoms with E-state index in [1.54, 1.807) is 9.80 Å². The van der Waals surface area contributed by atoms with Crippen molar-refractivity contribution in [2.75, 3.05) is 55.4 Å². The smallest absolute Gasteiger partial charge is 0.237 e. The number of nitrogens with zero attached hydrogens (tertiary/aromatic N) is 4. The third-order valence-electron chi connectivity index (χ3n) is 5.11. The minimum Gasteiger partial charge on any atom is -0.335 e. The van der Waals surface area contributed by atoms with Crippen molar-refractivity contribution in [3.05, 3.63) is 71.8 Å². The van der Waals surface area contributed by atoms with Gasteiger partial charge in [-0.25, -0.2) is 0 Å². The molecule has 0 saturated carbocycles. The molecule has 2 aromatic carbocycles. The molecule has 0 radical (unpaired) electrons. The van der Waals surface area contributed by atoms with E-state index in [1.807, 2.05) is 113 Å². The molecule has 6 heteroatoms. The molecule has 0 aliphatic heterocycles. The van der Waals surface area contributed by atoms with Crippen LogP contribution in [-0.4, -0.2) is 86.8 Å². The fourth-order valence-electron chi connectivity index (χ4n) is 3.61. The second-order valence-electron chi connectivity index (χ2n) is 8.20. The third-order valence-corrected chi connectivity index (χ3v) is 5.11. The summed E-state index contributed by atoms with van der Waals surface area (Å²) in [5.74, 6) is 0.00601. The van der Waals surface area contributed by atoms with Gasteiger partial charge in [-0.05, 0) is 39.3 Å². The van der Waals surface area contributed by atoms with Crippen LogP contribution in [0.5, 0.6) is 0 Å². The summed E-state index contributed by atoms with van der Waals surface area (Å²) in [6.45, 7) is 0.605. The van der Waals surface area contributed by atoms with Crippen LogP contribution in [0.4, 0.5) is 0 Å². The Morgan fingerprint density at radius 3 is 1.17 bits per heavy atom. The van der Waals surface area contributed by atoms with Crippen molar-refractivity contribution >= 4 is 11.8 Å². The Morgan fingerprint density at radius 2 is 0.900 bits per heavy atom. The van der Waals surface area contributed by atoms with E-state index in [-0.39, 0.29) is 23.9 Å². The van der Waals surface area contributed by atoms with Gasteiger partial charge < -0.3 is 19.6 Å². The van der Waals surface area contributed by atoms with Crippen molar-refractivity contribution in [1.82, 2.24) is 19.6 Å². The summed E-state index contributed by atoms with van der Waals surface area (Å²) in [7, 11) is 11.2. The molecule has 0 aliphatic rings. The maximum absolute atomic E-state index is 13.0. The molecule has 0 unspecified atom stereocenters. The summed E-state index contributed by atoms with van der Waals surface area (Å²) in [5.41, 5.74) is 1.98. The zero-order valence-electron chi connectivity index (χ0n) is 18.9. The Kier molecular flexibility index (Phi) is 8.57. The average molecular weight is 411 g/mol. The van der Waals surface area contributed by atoms with Crippen LogP contribution < -0.4 is 0 Å². The van der Waals surface area contributed by atoms with Crippen LogP contribution in [0.2, 0.25) is 0 Å². The molecular formula is C24H34N4O2. The highest BCUT2D eigenvalue weighted by molar-refractivity contribution is 5.80. The molecule has 2 atom stereocenters. The zero-order valence-corrected chi connectivity index (χ0v) is 18.9. The molecule has 2 aromatic rings. The Bertz CT molecular complexity index is 739. The number of likely N-dealkylation sites (N-methyl/N-ethyl adjacent to an activating group) is 4. The highest BCUT2D eigenvalue weighted by Crippen LogP contribution is 2.37. The second-order valence-corrected chi connectivity index (χ2v) is 8.20. The lowest BCUT2D eigenvalue weighted by molar-refractivity contribution is -0.140. The van der Waals surface area contributed by atoms with E-state index in [0.717, 1.165) is 11.1 Å². The normalized spacial score (nSPS) is 13.2. The maximum atomic E-state index is 13.0. The lowest BCUT2D eigenvalue weighted by Gasteiger charge is -2.41. The molecule has 6 nitrogen and oxygen atoms in total. The van der Waals surface area contributed by atoms with Crippen LogP contribution in [0.3, 0.4) is 0 Å². The fraction of sp³-hybridized carbons (Fsp3) is 0.417. The van der Waals surface area contributed by atoms with Crippen molar-refractivity contribution < 1.29 is 9.59 Å².